The number of rotatable bonds is 3. The maximum Gasteiger partial charge on any atom is 0.410 e. The number of likely N-dealkylation sites (tertiary alicyclic amines) is 1. The van der Waals surface area contributed by atoms with Gasteiger partial charge in [0.25, 0.3) is 0 Å². The number of ether oxygens (including phenoxy) is 2. The minimum atomic E-state index is -0.463. The highest BCUT2D eigenvalue weighted by molar-refractivity contribution is 5.80. The average Bonchev–Trinajstić information content (AvgIpc) is 2.81. The van der Waals surface area contributed by atoms with Gasteiger partial charge in [0.05, 0.1) is 19.6 Å². The standard InChI is InChI=1S/C13H23N3O3/c1-5-14-6-11-15-9-7-16(8-10(9)18-11)12(17)19-13(2,3)4/h9-10,14H,5-8H2,1-4H3. The first-order valence-electron chi connectivity index (χ1n) is 6.81. The van der Waals surface area contributed by atoms with Gasteiger partial charge in [-0.2, -0.15) is 0 Å². The van der Waals surface area contributed by atoms with Crippen molar-refractivity contribution < 1.29 is 14.3 Å². The molecule has 1 saturated heterocycles. The monoisotopic (exact) mass is 269 g/mol. The Kier molecular flexibility index (Phi) is 3.99. The van der Waals surface area contributed by atoms with Crippen LogP contribution in [0.5, 0.6) is 0 Å². The van der Waals surface area contributed by atoms with Crippen molar-refractivity contribution in [3.63, 3.8) is 0 Å². The molecular formula is C13H23N3O3. The molecule has 2 heterocycles. The number of carbonyl (C=O) groups excluding carboxylic acids is 1. The first-order chi connectivity index (χ1) is 8.89. The first kappa shape index (κ1) is 14.1. The smallest absolute Gasteiger partial charge is 0.410 e. The van der Waals surface area contributed by atoms with Crippen LogP contribution < -0.4 is 5.32 Å². The number of hydrogen-bond donors (Lipinski definition) is 1. The number of fused-ring (bicyclic) bond motifs is 1. The molecule has 2 aliphatic rings. The molecule has 0 saturated carbocycles. The Morgan fingerprint density at radius 2 is 2.26 bits per heavy atom. The third-order valence-corrected chi connectivity index (χ3v) is 3.01. The second kappa shape index (κ2) is 5.36. The fourth-order valence-electron chi connectivity index (χ4n) is 2.18. The topological polar surface area (TPSA) is 63.2 Å². The number of carbonyl (C=O) groups is 1. The van der Waals surface area contributed by atoms with Gasteiger partial charge in [-0.25, -0.2) is 9.79 Å². The van der Waals surface area contributed by atoms with Gasteiger partial charge in [0.1, 0.15) is 17.7 Å². The SMILES string of the molecule is CCNCC1=NC2CN(C(=O)OC(C)(C)C)CC2O1. The van der Waals surface area contributed by atoms with Crippen molar-refractivity contribution in [3.05, 3.63) is 0 Å². The van der Waals surface area contributed by atoms with E-state index in [1.54, 1.807) is 4.90 Å². The zero-order valence-electron chi connectivity index (χ0n) is 12.1. The zero-order chi connectivity index (χ0) is 14.0. The van der Waals surface area contributed by atoms with Crippen LogP contribution in [0.4, 0.5) is 4.79 Å². The van der Waals surface area contributed by atoms with Crippen molar-refractivity contribution in [2.45, 2.75) is 45.4 Å². The highest BCUT2D eigenvalue weighted by atomic mass is 16.6. The van der Waals surface area contributed by atoms with Crippen LogP contribution >= 0.6 is 0 Å². The summed E-state index contributed by atoms with van der Waals surface area (Å²) < 4.78 is 11.1. The van der Waals surface area contributed by atoms with E-state index in [1.165, 1.54) is 0 Å². The maximum atomic E-state index is 11.9. The summed E-state index contributed by atoms with van der Waals surface area (Å²) in [5.41, 5.74) is -0.463. The Bertz CT molecular complexity index is 376. The van der Waals surface area contributed by atoms with Gasteiger partial charge in [0.15, 0.2) is 5.90 Å². The van der Waals surface area contributed by atoms with E-state index in [2.05, 4.69) is 10.3 Å². The molecule has 2 aliphatic heterocycles. The van der Waals surface area contributed by atoms with Gasteiger partial charge < -0.3 is 19.7 Å². The van der Waals surface area contributed by atoms with Gasteiger partial charge in [-0.15, -0.1) is 0 Å². The predicted molar refractivity (Wildman–Crippen MR) is 72.4 cm³/mol. The number of likely N-dealkylation sites (N-methyl/N-ethyl adjacent to an activating group) is 1. The summed E-state index contributed by atoms with van der Waals surface area (Å²) in [5, 5.41) is 3.18. The molecule has 0 aliphatic carbocycles. The van der Waals surface area contributed by atoms with Gasteiger partial charge in [-0.05, 0) is 27.3 Å². The minimum absolute atomic E-state index is 0.0128. The molecule has 2 rings (SSSR count). The number of amides is 1. The van der Waals surface area contributed by atoms with E-state index in [0.717, 1.165) is 12.4 Å². The minimum Gasteiger partial charge on any atom is -0.472 e. The highest BCUT2D eigenvalue weighted by Gasteiger charge is 2.42. The van der Waals surface area contributed by atoms with Crippen LogP contribution in [0.25, 0.3) is 0 Å². The van der Waals surface area contributed by atoms with Gasteiger partial charge in [0, 0.05) is 0 Å². The molecule has 6 nitrogen and oxygen atoms in total. The molecule has 0 bridgehead atoms. The van der Waals surface area contributed by atoms with Crippen LogP contribution in [0.2, 0.25) is 0 Å². The summed E-state index contributed by atoms with van der Waals surface area (Å²) in [6.45, 7) is 10.3. The van der Waals surface area contributed by atoms with Gasteiger partial charge in [-0.3, -0.25) is 0 Å². The highest BCUT2D eigenvalue weighted by Crippen LogP contribution is 2.24. The summed E-state index contributed by atoms with van der Waals surface area (Å²) in [6.07, 6.45) is -0.296. The fraction of sp³-hybridized carbons (Fsp3) is 0.846. The Morgan fingerprint density at radius 1 is 1.53 bits per heavy atom. The maximum absolute atomic E-state index is 11.9. The second-order valence-electron chi connectivity index (χ2n) is 5.91. The lowest BCUT2D eigenvalue weighted by atomic mass is 10.2. The quantitative estimate of drug-likeness (QED) is 0.830. The molecule has 2 unspecified atom stereocenters. The summed E-state index contributed by atoms with van der Waals surface area (Å²) in [6, 6.07) is 0.0566. The van der Waals surface area contributed by atoms with Crippen molar-refractivity contribution in [1.82, 2.24) is 10.2 Å². The van der Waals surface area contributed by atoms with Gasteiger partial charge >= 0.3 is 6.09 Å². The normalized spacial score (nSPS) is 25.9. The Morgan fingerprint density at radius 3 is 2.84 bits per heavy atom. The molecule has 0 aromatic carbocycles. The van der Waals surface area contributed by atoms with E-state index in [9.17, 15) is 4.79 Å². The van der Waals surface area contributed by atoms with Crippen LogP contribution in [0.15, 0.2) is 4.99 Å². The van der Waals surface area contributed by atoms with E-state index >= 15 is 0 Å². The van der Waals surface area contributed by atoms with Crippen LogP contribution in [0.3, 0.4) is 0 Å². The summed E-state index contributed by atoms with van der Waals surface area (Å²) in [7, 11) is 0. The molecule has 108 valence electrons. The molecule has 19 heavy (non-hydrogen) atoms. The van der Waals surface area contributed by atoms with E-state index in [1.807, 2.05) is 27.7 Å². The zero-order valence-corrected chi connectivity index (χ0v) is 12.1. The number of nitrogens with one attached hydrogen (secondary N) is 1. The molecule has 1 fully saturated rings. The molecule has 1 amide bonds. The molecule has 0 radical (unpaired) electrons. The molecule has 2 atom stereocenters. The third-order valence-electron chi connectivity index (χ3n) is 3.01. The molecule has 0 aromatic rings. The van der Waals surface area contributed by atoms with Crippen molar-refractivity contribution in [1.29, 1.82) is 0 Å². The molecule has 1 N–H and O–H groups in total. The summed E-state index contributed by atoms with van der Waals surface area (Å²) >= 11 is 0. The fourth-order valence-corrected chi connectivity index (χ4v) is 2.18. The van der Waals surface area contributed by atoms with Crippen LogP contribution in [-0.2, 0) is 9.47 Å². The molecule has 6 heteroatoms. The van der Waals surface area contributed by atoms with Crippen molar-refractivity contribution in [2.24, 2.45) is 4.99 Å². The van der Waals surface area contributed by atoms with Gasteiger partial charge in [-0.1, -0.05) is 6.92 Å². The second-order valence-corrected chi connectivity index (χ2v) is 5.91. The third kappa shape index (κ3) is 3.59. The van der Waals surface area contributed by atoms with Crippen LogP contribution in [0.1, 0.15) is 27.7 Å². The lowest BCUT2D eigenvalue weighted by molar-refractivity contribution is 0.0271. The van der Waals surface area contributed by atoms with E-state index < -0.39 is 5.60 Å². The molecule has 0 aromatic heterocycles. The lowest BCUT2D eigenvalue weighted by Crippen LogP contribution is -2.37. The largest absolute Gasteiger partial charge is 0.472 e. The van der Waals surface area contributed by atoms with Crippen LogP contribution in [0, 0.1) is 0 Å². The van der Waals surface area contributed by atoms with Crippen molar-refractivity contribution in [3.8, 4) is 0 Å². The van der Waals surface area contributed by atoms with E-state index in [-0.39, 0.29) is 18.2 Å². The van der Waals surface area contributed by atoms with E-state index in [4.69, 9.17) is 9.47 Å². The number of hydrogen-bond acceptors (Lipinski definition) is 5. The predicted octanol–water partition coefficient (Wildman–Crippen LogP) is 1.01. The summed E-state index contributed by atoms with van der Waals surface area (Å²) in [5.74, 6) is 0.751. The number of aliphatic imine (C=N–C) groups is 1. The Hall–Kier alpha value is -1.30. The van der Waals surface area contributed by atoms with Crippen molar-refractivity contribution in [2.75, 3.05) is 26.2 Å². The first-order valence-corrected chi connectivity index (χ1v) is 6.81. The Labute approximate surface area is 114 Å². The Balaban J connectivity index is 1.86. The average molecular weight is 269 g/mol. The van der Waals surface area contributed by atoms with Crippen molar-refractivity contribution >= 4 is 12.0 Å². The van der Waals surface area contributed by atoms with Gasteiger partial charge in [0.2, 0.25) is 0 Å². The molecule has 0 spiro atoms. The number of nitrogens with zero attached hydrogens (tertiary/aromatic N) is 2. The molecular weight excluding hydrogens is 246 g/mol. The van der Waals surface area contributed by atoms with Crippen LogP contribution in [-0.4, -0.2) is 60.8 Å². The van der Waals surface area contributed by atoms with E-state index in [0.29, 0.717) is 19.6 Å². The summed E-state index contributed by atoms with van der Waals surface area (Å²) in [4.78, 5) is 18.1. The lowest BCUT2D eigenvalue weighted by Gasteiger charge is -2.24.